The van der Waals surface area contributed by atoms with E-state index in [1.165, 1.54) is 18.4 Å². The zero-order valence-corrected chi connectivity index (χ0v) is 14.8. The third-order valence-corrected chi connectivity index (χ3v) is 5.01. The molecule has 1 aliphatic heterocycles. The molecule has 1 aromatic carbocycles. The lowest BCUT2D eigenvalue weighted by Gasteiger charge is -2.34. The van der Waals surface area contributed by atoms with E-state index < -0.39 is 0 Å². The van der Waals surface area contributed by atoms with Crippen molar-refractivity contribution in [3.05, 3.63) is 34.3 Å². The molecule has 1 saturated heterocycles. The third-order valence-electron chi connectivity index (χ3n) is 4.29. The molecular weight excluding hydrogens is 370 g/mol. The first-order valence-electron chi connectivity index (χ1n) is 8.20. The predicted octanol–water partition coefficient (Wildman–Crippen LogP) is 1.94. The van der Waals surface area contributed by atoms with Crippen molar-refractivity contribution in [2.45, 2.75) is 24.9 Å². The van der Waals surface area contributed by atoms with E-state index in [2.05, 4.69) is 64.6 Å². The topological polar surface area (TPSA) is 92.0 Å². The molecular formula is C16H20BrN7. The van der Waals surface area contributed by atoms with Gasteiger partial charge in [0.15, 0.2) is 0 Å². The summed E-state index contributed by atoms with van der Waals surface area (Å²) in [7, 11) is 0. The number of nitrogens with zero attached hydrogens (tertiary/aromatic N) is 4. The molecule has 4 N–H and O–H groups in total. The number of hydrogen-bond acceptors (Lipinski definition) is 7. The molecule has 2 heterocycles. The van der Waals surface area contributed by atoms with Crippen LogP contribution in [-0.4, -0.2) is 40.6 Å². The third kappa shape index (κ3) is 3.44. The van der Waals surface area contributed by atoms with Gasteiger partial charge >= 0.3 is 0 Å². The average Bonchev–Trinajstić information content (AvgIpc) is 3.39. The van der Waals surface area contributed by atoms with Crippen molar-refractivity contribution in [3.63, 3.8) is 0 Å². The lowest BCUT2D eigenvalue weighted by Crippen LogP contribution is -2.46. The Morgan fingerprint density at radius 2 is 2.04 bits per heavy atom. The van der Waals surface area contributed by atoms with Gasteiger partial charge in [-0.2, -0.15) is 15.0 Å². The van der Waals surface area contributed by atoms with Crippen LogP contribution in [0.2, 0.25) is 0 Å². The zero-order chi connectivity index (χ0) is 16.5. The molecule has 4 rings (SSSR count). The predicted molar refractivity (Wildman–Crippen MR) is 98.0 cm³/mol. The maximum atomic E-state index is 5.88. The summed E-state index contributed by atoms with van der Waals surface area (Å²) >= 11 is 3.64. The van der Waals surface area contributed by atoms with Crippen LogP contribution < -0.4 is 21.3 Å². The second kappa shape index (κ2) is 6.52. The van der Waals surface area contributed by atoms with Crippen LogP contribution in [0, 0.1) is 0 Å². The second-order valence-corrected chi connectivity index (χ2v) is 7.06. The molecule has 126 valence electrons. The Balaban J connectivity index is 1.55. The number of nitrogens with two attached hydrogens (primary N) is 1. The number of nitrogens with one attached hydrogen (secondary N) is 2. The van der Waals surface area contributed by atoms with Crippen LogP contribution in [0.3, 0.4) is 0 Å². The average molecular weight is 390 g/mol. The van der Waals surface area contributed by atoms with Crippen LogP contribution >= 0.6 is 15.9 Å². The Morgan fingerprint density at radius 3 is 2.83 bits per heavy atom. The van der Waals surface area contributed by atoms with Crippen molar-refractivity contribution in [3.8, 4) is 0 Å². The Bertz CT molecular complexity index is 734. The monoisotopic (exact) mass is 389 g/mol. The van der Waals surface area contributed by atoms with E-state index in [0.717, 1.165) is 24.1 Å². The summed E-state index contributed by atoms with van der Waals surface area (Å²) in [5, 5.41) is 6.85. The Hall–Kier alpha value is -1.93. The fourth-order valence-corrected chi connectivity index (χ4v) is 3.46. The molecule has 24 heavy (non-hydrogen) atoms. The normalized spacial score (nSPS) is 20.9. The van der Waals surface area contributed by atoms with E-state index in [9.17, 15) is 0 Å². The highest BCUT2D eigenvalue weighted by Crippen LogP contribution is 2.27. The first-order valence-corrected chi connectivity index (χ1v) is 8.99. The summed E-state index contributed by atoms with van der Waals surface area (Å²) in [6, 6.07) is 8.97. The molecule has 0 bridgehead atoms. The van der Waals surface area contributed by atoms with Crippen molar-refractivity contribution in [1.82, 2.24) is 20.3 Å². The zero-order valence-electron chi connectivity index (χ0n) is 13.2. The van der Waals surface area contributed by atoms with Gasteiger partial charge in [0.05, 0.1) is 6.04 Å². The Labute approximate surface area is 149 Å². The first kappa shape index (κ1) is 15.6. The molecule has 0 unspecified atom stereocenters. The molecule has 0 spiro atoms. The number of anilines is 3. The van der Waals surface area contributed by atoms with Gasteiger partial charge in [0.25, 0.3) is 0 Å². The summed E-state index contributed by atoms with van der Waals surface area (Å²) in [5.41, 5.74) is 7.12. The molecule has 7 nitrogen and oxygen atoms in total. The largest absolute Gasteiger partial charge is 0.368 e. The second-order valence-electron chi connectivity index (χ2n) is 6.21. The smallest absolute Gasteiger partial charge is 0.232 e. The molecule has 0 amide bonds. The maximum Gasteiger partial charge on any atom is 0.232 e. The van der Waals surface area contributed by atoms with Crippen LogP contribution in [0.4, 0.5) is 17.8 Å². The molecule has 8 heteroatoms. The Morgan fingerprint density at radius 1 is 1.21 bits per heavy atom. The van der Waals surface area contributed by atoms with Crippen LogP contribution in [-0.2, 0) is 0 Å². The summed E-state index contributed by atoms with van der Waals surface area (Å²) in [4.78, 5) is 15.3. The summed E-state index contributed by atoms with van der Waals surface area (Å²) < 4.78 is 1.11. The van der Waals surface area contributed by atoms with Crippen LogP contribution in [0.15, 0.2) is 28.7 Å². The SMILES string of the molecule is Nc1nc(NC2CC2)nc(N2CCN[C@H](c3ccccc3Br)C2)n1. The minimum Gasteiger partial charge on any atom is -0.368 e. The highest BCUT2D eigenvalue weighted by molar-refractivity contribution is 9.10. The fraction of sp³-hybridized carbons (Fsp3) is 0.438. The lowest BCUT2D eigenvalue weighted by molar-refractivity contribution is 0.465. The van der Waals surface area contributed by atoms with Gasteiger partial charge in [0, 0.05) is 30.1 Å². The van der Waals surface area contributed by atoms with Crippen molar-refractivity contribution in [1.29, 1.82) is 0 Å². The molecule has 2 aromatic rings. The number of benzene rings is 1. The van der Waals surface area contributed by atoms with Gasteiger partial charge in [-0.05, 0) is 24.5 Å². The van der Waals surface area contributed by atoms with Gasteiger partial charge in [-0.3, -0.25) is 0 Å². The van der Waals surface area contributed by atoms with Crippen molar-refractivity contribution in [2.24, 2.45) is 0 Å². The van der Waals surface area contributed by atoms with Crippen molar-refractivity contribution >= 4 is 33.8 Å². The number of rotatable bonds is 4. The van der Waals surface area contributed by atoms with E-state index in [-0.39, 0.29) is 12.0 Å². The molecule has 1 atom stereocenters. The van der Waals surface area contributed by atoms with Crippen molar-refractivity contribution in [2.75, 3.05) is 35.6 Å². The van der Waals surface area contributed by atoms with Gasteiger partial charge in [-0.1, -0.05) is 34.1 Å². The molecule has 1 saturated carbocycles. The van der Waals surface area contributed by atoms with E-state index in [4.69, 9.17) is 5.73 Å². The maximum absolute atomic E-state index is 5.88. The van der Waals surface area contributed by atoms with E-state index in [1.54, 1.807) is 0 Å². The lowest BCUT2D eigenvalue weighted by atomic mass is 10.0. The van der Waals surface area contributed by atoms with E-state index in [1.807, 2.05) is 6.07 Å². The number of nitrogen functional groups attached to an aromatic ring is 1. The van der Waals surface area contributed by atoms with Gasteiger partial charge in [-0.25, -0.2) is 0 Å². The number of hydrogen-bond donors (Lipinski definition) is 3. The summed E-state index contributed by atoms with van der Waals surface area (Å²) in [6.45, 7) is 2.49. The minimum absolute atomic E-state index is 0.215. The quantitative estimate of drug-likeness (QED) is 0.735. The molecule has 2 fully saturated rings. The van der Waals surface area contributed by atoms with Gasteiger partial charge in [0.2, 0.25) is 17.8 Å². The molecule has 2 aliphatic rings. The molecule has 0 radical (unpaired) electrons. The van der Waals surface area contributed by atoms with Gasteiger partial charge < -0.3 is 21.3 Å². The van der Waals surface area contributed by atoms with Gasteiger partial charge in [0.1, 0.15) is 0 Å². The molecule has 1 aromatic heterocycles. The van der Waals surface area contributed by atoms with Crippen LogP contribution in [0.1, 0.15) is 24.4 Å². The standard InChI is InChI=1S/C16H20BrN7/c17-12-4-2-1-3-11(12)13-9-24(8-7-19-13)16-22-14(18)21-15(23-16)20-10-5-6-10/h1-4,10,13,19H,5-9H2,(H3,18,20,21,22,23)/t13-/m0/s1. The minimum atomic E-state index is 0.215. The first-order chi connectivity index (χ1) is 11.7. The highest BCUT2D eigenvalue weighted by Gasteiger charge is 2.26. The van der Waals surface area contributed by atoms with E-state index >= 15 is 0 Å². The number of aromatic nitrogens is 3. The Kier molecular flexibility index (Phi) is 4.24. The molecule has 1 aliphatic carbocycles. The fourth-order valence-electron chi connectivity index (χ4n) is 2.89. The summed E-state index contributed by atoms with van der Waals surface area (Å²) in [6.07, 6.45) is 2.33. The number of piperazine rings is 1. The summed E-state index contributed by atoms with van der Waals surface area (Å²) in [5.74, 6) is 1.49. The highest BCUT2D eigenvalue weighted by atomic mass is 79.9. The van der Waals surface area contributed by atoms with E-state index in [0.29, 0.717) is 17.9 Å². The van der Waals surface area contributed by atoms with Crippen molar-refractivity contribution < 1.29 is 0 Å². The van der Waals surface area contributed by atoms with Gasteiger partial charge in [-0.15, -0.1) is 0 Å². The number of halogens is 1. The van der Waals surface area contributed by atoms with Crippen LogP contribution in [0.25, 0.3) is 0 Å². The van der Waals surface area contributed by atoms with Crippen LogP contribution in [0.5, 0.6) is 0 Å².